The zero-order valence-corrected chi connectivity index (χ0v) is 7.01. The Morgan fingerprint density at radius 3 is 3.00 bits per heavy atom. The summed E-state index contributed by atoms with van der Waals surface area (Å²) in [6.45, 7) is -0.0876. The second-order valence-electron chi connectivity index (χ2n) is 2.54. The summed E-state index contributed by atoms with van der Waals surface area (Å²) in [4.78, 5) is 7.55. The predicted molar refractivity (Wildman–Crippen MR) is 48.0 cm³/mol. The molecule has 1 atom stereocenters. The molecule has 0 aliphatic rings. The van der Waals surface area contributed by atoms with Crippen LogP contribution in [-0.4, -0.2) is 39.4 Å². The molecule has 0 fully saturated rings. The van der Waals surface area contributed by atoms with E-state index in [4.69, 9.17) is 15.9 Å². The van der Waals surface area contributed by atoms with Gasteiger partial charge < -0.3 is 21.3 Å². The third-order valence-corrected chi connectivity index (χ3v) is 1.46. The van der Waals surface area contributed by atoms with Crippen molar-refractivity contribution in [1.82, 2.24) is 9.97 Å². The van der Waals surface area contributed by atoms with Crippen LogP contribution in [0.25, 0.3) is 0 Å². The Hall–Kier alpha value is -1.40. The predicted octanol–water partition coefficient (Wildman–Crippen LogP) is -1.18. The van der Waals surface area contributed by atoms with Crippen molar-refractivity contribution < 1.29 is 10.2 Å². The van der Waals surface area contributed by atoms with Crippen molar-refractivity contribution in [3.05, 3.63) is 12.5 Å². The van der Waals surface area contributed by atoms with E-state index in [0.29, 0.717) is 11.5 Å². The van der Waals surface area contributed by atoms with Gasteiger partial charge in [0.05, 0.1) is 24.6 Å². The van der Waals surface area contributed by atoms with Crippen LogP contribution in [0.4, 0.5) is 11.5 Å². The standard InChI is InChI=1S/C7H12N4O2/c8-6-2-9-4-11-7(6)10-1-5(13)3-12/h2,4-5,12-13H,1,3,8H2,(H,9,10,11). The molecule has 0 aromatic carbocycles. The molecule has 1 aromatic rings. The molecule has 0 saturated heterocycles. The first-order valence-electron chi connectivity index (χ1n) is 3.82. The number of aliphatic hydroxyl groups is 2. The summed E-state index contributed by atoms with van der Waals surface area (Å²) < 4.78 is 0. The molecule has 0 spiro atoms. The molecule has 0 aliphatic carbocycles. The van der Waals surface area contributed by atoms with Crippen molar-refractivity contribution >= 4 is 11.5 Å². The minimum atomic E-state index is -0.811. The average Bonchev–Trinajstić information content (AvgIpc) is 2.16. The average molecular weight is 184 g/mol. The molecule has 0 bridgehead atoms. The van der Waals surface area contributed by atoms with Gasteiger partial charge in [0.1, 0.15) is 6.33 Å². The number of rotatable bonds is 4. The molecule has 1 unspecified atom stereocenters. The van der Waals surface area contributed by atoms with Gasteiger partial charge in [0.15, 0.2) is 5.82 Å². The minimum Gasteiger partial charge on any atom is -0.394 e. The van der Waals surface area contributed by atoms with Crippen LogP contribution in [0, 0.1) is 0 Å². The van der Waals surface area contributed by atoms with E-state index in [1.54, 1.807) is 0 Å². The number of aliphatic hydroxyl groups excluding tert-OH is 2. The fourth-order valence-electron chi connectivity index (χ4n) is 0.767. The summed E-state index contributed by atoms with van der Waals surface area (Å²) in [5, 5.41) is 20.3. The highest BCUT2D eigenvalue weighted by atomic mass is 16.3. The Morgan fingerprint density at radius 1 is 1.62 bits per heavy atom. The molecule has 5 N–H and O–H groups in total. The van der Waals surface area contributed by atoms with E-state index in [-0.39, 0.29) is 13.2 Å². The highest BCUT2D eigenvalue weighted by Crippen LogP contribution is 2.10. The molecular formula is C7H12N4O2. The molecule has 0 aliphatic heterocycles. The molecule has 13 heavy (non-hydrogen) atoms. The van der Waals surface area contributed by atoms with Crippen molar-refractivity contribution in [2.45, 2.75) is 6.10 Å². The van der Waals surface area contributed by atoms with E-state index >= 15 is 0 Å². The summed E-state index contributed by atoms with van der Waals surface area (Å²) in [7, 11) is 0. The van der Waals surface area contributed by atoms with Crippen molar-refractivity contribution in [3.63, 3.8) is 0 Å². The Balaban J connectivity index is 2.50. The van der Waals surface area contributed by atoms with Gasteiger partial charge in [0.25, 0.3) is 0 Å². The minimum absolute atomic E-state index is 0.206. The summed E-state index contributed by atoms with van der Waals surface area (Å²) in [5.41, 5.74) is 5.93. The molecule has 0 amide bonds. The topological polar surface area (TPSA) is 104 Å². The normalized spacial score (nSPS) is 12.5. The van der Waals surface area contributed by atoms with Crippen LogP contribution in [0.15, 0.2) is 12.5 Å². The molecule has 6 nitrogen and oxygen atoms in total. The Kier molecular flexibility index (Phi) is 3.41. The number of aromatic nitrogens is 2. The second-order valence-corrected chi connectivity index (χ2v) is 2.54. The largest absolute Gasteiger partial charge is 0.394 e. The van der Waals surface area contributed by atoms with Crippen molar-refractivity contribution in [3.8, 4) is 0 Å². The maximum Gasteiger partial charge on any atom is 0.152 e. The first-order chi connectivity index (χ1) is 6.24. The summed E-state index contributed by atoms with van der Waals surface area (Å²) in [6, 6.07) is 0. The highest BCUT2D eigenvalue weighted by Gasteiger charge is 2.03. The Bertz CT molecular complexity index is 268. The van der Waals surface area contributed by atoms with Crippen LogP contribution < -0.4 is 11.1 Å². The highest BCUT2D eigenvalue weighted by molar-refractivity contribution is 5.58. The van der Waals surface area contributed by atoms with Crippen LogP contribution >= 0.6 is 0 Å². The summed E-state index contributed by atoms with van der Waals surface area (Å²) in [5.74, 6) is 0.461. The van der Waals surface area contributed by atoms with Gasteiger partial charge in [-0.15, -0.1) is 0 Å². The van der Waals surface area contributed by atoms with E-state index in [2.05, 4.69) is 15.3 Å². The van der Waals surface area contributed by atoms with E-state index < -0.39 is 6.10 Å². The lowest BCUT2D eigenvalue weighted by Gasteiger charge is -2.10. The van der Waals surface area contributed by atoms with E-state index in [0.717, 1.165) is 0 Å². The van der Waals surface area contributed by atoms with Gasteiger partial charge in [-0.25, -0.2) is 9.97 Å². The van der Waals surface area contributed by atoms with Crippen LogP contribution in [0.5, 0.6) is 0 Å². The lowest BCUT2D eigenvalue weighted by Crippen LogP contribution is -2.23. The fourth-order valence-corrected chi connectivity index (χ4v) is 0.767. The fraction of sp³-hybridized carbons (Fsp3) is 0.429. The maximum absolute atomic E-state index is 9.01. The molecule has 1 aromatic heterocycles. The summed E-state index contributed by atoms with van der Waals surface area (Å²) >= 11 is 0. The number of hydrogen-bond acceptors (Lipinski definition) is 6. The van der Waals surface area contributed by atoms with Crippen LogP contribution in [0.1, 0.15) is 0 Å². The molecule has 1 rings (SSSR count). The number of hydrogen-bond donors (Lipinski definition) is 4. The smallest absolute Gasteiger partial charge is 0.152 e. The third-order valence-electron chi connectivity index (χ3n) is 1.46. The molecule has 0 saturated carbocycles. The Labute approximate surface area is 75.4 Å². The first-order valence-corrected chi connectivity index (χ1v) is 3.82. The number of anilines is 2. The number of nitrogen functional groups attached to an aromatic ring is 1. The maximum atomic E-state index is 9.01. The first kappa shape index (κ1) is 9.69. The SMILES string of the molecule is Nc1cncnc1NCC(O)CO. The number of nitrogens with two attached hydrogens (primary N) is 1. The van der Waals surface area contributed by atoms with Crippen LogP contribution in [-0.2, 0) is 0 Å². The van der Waals surface area contributed by atoms with E-state index in [1.807, 2.05) is 0 Å². The molecule has 6 heteroatoms. The lowest BCUT2D eigenvalue weighted by molar-refractivity contribution is 0.105. The molecule has 0 radical (unpaired) electrons. The van der Waals surface area contributed by atoms with Gasteiger partial charge in [-0.2, -0.15) is 0 Å². The van der Waals surface area contributed by atoms with Crippen molar-refractivity contribution in [2.24, 2.45) is 0 Å². The zero-order chi connectivity index (χ0) is 9.68. The molecular weight excluding hydrogens is 172 g/mol. The van der Waals surface area contributed by atoms with Gasteiger partial charge in [0.2, 0.25) is 0 Å². The number of nitrogens with zero attached hydrogens (tertiary/aromatic N) is 2. The third kappa shape index (κ3) is 2.85. The van der Waals surface area contributed by atoms with Gasteiger partial charge in [-0.3, -0.25) is 0 Å². The second kappa shape index (κ2) is 4.58. The van der Waals surface area contributed by atoms with E-state index in [1.165, 1.54) is 12.5 Å². The molecule has 1 heterocycles. The van der Waals surface area contributed by atoms with Gasteiger partial charge in [-0.05, 0) is 0 Å². The van der Waals surface area contributed by atoms with E-state index in [9.17, 15) is 0 Å². The molecule has 72 valence electrons. The van der Waals surface area contributed by atoms with Gasteiger partial charge in [0, 0.05) is 6.54 Å². The quantitative estimate of drug-likeness (QED) is 0.469. The van der Waals surface area contributed by atoms with Gasteiger partial charge in [-0.1, -0.05) is 0 Å². The monoisotopic (exact) mass is 184 g/mol. The van der Waals surface area contributed by atoms with Crippen LogP contribution in [0.3, 0.4) is 0 Å². The van der Waals surface area contributed by atoms with Crippen molar-refractivity contribution in [1.29, 1.82) is 0 Å². The van der Waals surface area contributed by atoms with Gasteiger partial charge >= 0.3 is 0 Å². The Morgan fingerprint density at radius 2 is 2.38 bits per heavy atom. The lowest BCUT2D eigenvalue weighted by atomic mass is 10.3. The van der Waals surface area contributed by atoms with Crippen molar-refractivity contribution in [2.75, 3.05) is 24.2 Å². The number of nitrogens with one attached hydrogen (secondary N) is 1. The van der Waals surface area contributed by atoms with Crippen LogP contribution in [0.2, 0.25) is 0 Å². The summed E-state index contributed by atoms with van der Waals surface area (Å²) in [6.07, 6.45) is 2.00. The zero-order valence-electron chi connectivity index (χ0n) is 7.01.